The third kappa shape index (κ3) is 2.07. The summed E-state index contributed by atoms with van der Waals surface area (Å²) in [4.78, 5) is 14.8. The highest BCUT2D eigenvalue weighted by Crippen LogP contribution is 2.40. The van der Waals surface area contributed by atoms with Crippen molar-refractivity contribution in [3.05, 3.63) is 35.4 Å². The maximum absolute atomic E-state index is 10.6. The van der Waals surface area contributed by atoms with Crippen LogP contribution < -0.4 is 0 Å². The first-order valence-corrected chi connectivity index (χ1v) is 5.93. The number of isocyanates is 1. The normalized spacial score (nSPS) is 18.8. The topological polar surface area (TPSA) is 29.4 Å². The molecule has 1 aliphatic carbocycles. The van der Waals surface area contributed by atoms with Crippen LogP contribution >= 0.6 is 0 Å². The molecule has 2 rings (SSSR count). The van der Waals surface area contributed by atoms with Crippen molar-refractivity contribution in [1.82, 2.24) is 0 Å². The Hall–Kier alpha value is -1.40. The second-order valence-corrected chi connectivity index (χ2v) is 4.66. The van der Waals surface area contributed by atoms with Gasteiger partial charge in [-0.2, -0.15) is 4.99 Å². The Kier molecular flexibility index (Phi) is 3.21. The lowest BCUT2D eigenvalue weighted by Crippen LogP contribution is -2.26. The molecule has 0 N–H and O–H groups in total. The minimum absolute atomic E-state index is 0.286. The Labute approximate surface area is 96.4 Å². The SMILES string of the molecule is Cc1cccc(C2(N=C=O)CCCCC2)c1. The van der Waals surface area contributed by atoms with E-state index in [9.17, 15) is 4.79 Å². The summed E-state index contributed by atoms with van der Waals surface area (Å²) in [6.45, 7) is 2.07. The van der Waals surface area contributed by atoms with Crippen LogP contribution in [-0.4, -0.2) is 6.08 Å². The largest absolute Gasteiger partial charge is 0.235 e. The van der Waals surface area contributed by atoms with Crippen LogP contribution in [0.5, 0.6) is 0 Å². The van der Waals surface area contributed by atoms with Gasteiger partial charge in [0, 0.05) is 0 Å². The van der Waals surface area contributed by atoms with Crippen molar-refractivity contribution in [1.29, 1.82) is 0 Å². The molecule has 1 aromatic rings. The highest BCUT2D eigenvalue weighted by atomic mass is 16.1. The minimum Gasteiger partial charge on any atom is -0.211 e. The predicted octanol–water partition coefficient (Wildman–Crippen LogP) is 3.49. The van der Waals surface area contributed by atoms with Crippen LogP contribution in [0, 0.1) is 6.92 Å². The van der Waals surface area contributed by atoms with Gasteiger partial charge in [0.1, 0.15) is 0 Å². The van der Waals surface area contributed by atoms with Gasteiger partial charge in [0.2, 0.25) is 6.08 Å². The van der Waals surface area contributed by atoms with E-state index in [4.69, 9.17) is 0 Å². The first-order valence-electron chi connectivity index (χ1n) is 5.93. The van der Waals surface area contributed by atoms with Gasteiger partial charge < -0.3 is 0 Å². The zero-order valence-corrected chi connectivity index (χ0v) is 9.70. The molecule has 0 bridgehead atoms. The second kappa shape index (κ2) is 4.63. The maximum Gasteiger partial charge on any atom is 0.235 e. The molecular formula is C14H17NO. The van der Waals surface area contributed by atoms with E-state index < -0.39 is 0 Å². The molecule has 1 fully saturated rings. The van der Waals surface area contributed by atoms with Gasteiger partial charge in [-0.1, -0.05) is 49.1 Å². The Morgan fingerprint density at radius 1 is 1.25 bits per heavy atom. The first-order chi connectivity index (χ1) is 7.77. The van der Waals surface area contributed by atoms with Crippen molar-refractivity contribution < 1.29 is 4.79 Å². The lowest BCUT2D eigenvalue weighted by atomic mass is 9.77. The van der Waals surface area contributed by atoms with Gasteiger partial charge in [-0.25, -0.2) is 4.79 Å². The van der Waals surface area contributed by atoms with Gasteiger partial charge in [0.05, 0.1) is 5.54 Å². The van der Waals surface area contributed by atoms with E-state index in [2.05, 4.69) is 30.1 Å². The number of aliphatic imine (C=N–C) groups is 1. The van der Waals surface area contributed by atoms with E-state index in [1.807, 2.05) is 6.07 Å². The summed E-state index contributed by atoms with van der Waals surface area (Å²) in [5, 5.41) is 0. The van der Waals surface area contributed by atoms with Crippen molar-refractivity contribution >= 4 is 6.08 Å². The van der Waals surface area contributed by atoms with Gasteiger partial charge in [0.15, 0.2) is 0 Å². The molecule has 2 nitrogen and oxygen atoms in total. The summed E-state index contributed by atoms with van der Waals surface area (Å²) in [6.07, 6.45) is 7.28. The highest BCUT2D eigenvalue weighted by Gasteiger charge is 2.33. The molecule has 0 saturated heterocycles. The van der Waals surface area contributed by atoms with Gasteiger partial charge in [-0.15, -0.1) is 0 Å². The average Bonchev–Trinajstić information content (AvgIpc) is 2.31. The van der Waals surface area contributed by atoms with E-state index in [1.54, 1.807) is 6.08 Å². The smallest absolute Gasteiger partial charge is 0.211 e. The molecule has 0 unspecified atom stereocenters. The number of hydrogen-bond donors (Lipinski definition) is 0. The molecule has 0 aromatic heterocycles. The van der Waals surface area contributed by atoms with Crippen molar-refractivity contribution in [3.8, 4) is 0 Å². The number of hydrogen-bond acceptors (Lipinski definition) is 2. The summed E-state index contributed by atoms with van der Waals surface area (Å²) >= 11 is 0. The van der Waals surface area contributed by atoms with Crippen LogP contribution in [-0.2, 0) is 10.3 Å². The van der Waals surface area contributed by atoms with Crippen LogP contribution in [0.4, 0.5) is 0 Å². The Balaban J connectivity index is 2.42. The van der Waals surface area contributed by atoms with Crippen molar-refractivity contribution in [2.45, 2.75) is 44.6 Å². The minimum atomic E-state index is -0.286. The van der Waals surface area contributed by atoms with Gasteiger partial charge >= 0.3 is 0 Å². The summed E-state index contributed by atoms with van der Waals surface area (Å²) in [5.41, 5.74) is 2.12. The predicted molar refractivity (Wildman–Crippen MR) is 64.1 cm³/mol. The monoisotopic (exact) mass is 215 g/mol. The molecule has 1 saturated carbocycles. The third-order valence-electron chi connectivity index (χ3n) is 3.50. The molecule has 0 amide bonds. The summed E-state index contributed by atoms with van der Waals surface area (Å²) < 4.78 is 0. The fourth-order valence-corrected chi connectivity index (χ4v) is 2.62. The maximum atomic E-state index is 10.6. The van der Waals surface area contributed by atoms with Crippen molar-refractivity contribution in [3.63, 3.8) is 0 Å². The average molecular weight is 215 g/mol. The lowest BCUT2D eigenvalue weighted by molar-refractivity contribution is 0.304. The van der Waals surface area contributed by atoms with E-state index >= 15 is 0 Å². The van der Waals surface area contributed by atoms with Crippen LogP contribution in [0.25, 0.3) is 0 Å². The summed E-state index contributed by atoms with van der Waals surface area (Å²) in [5.74, 6) is 0. The standard InChI is InChI=1S/C14H17NO/c1-12-6-5-7-13(10-12)14(15-11-16)8-3-2-4-9-14/h5-7,10H,2-4,8-9H2,1H3. The van der Waals surface area contributed by atoms with Crippen molar-refractivity contribution in [2.75, 3.05) is 0 Å². The van der Waals surface area contributed by atoms with Crippen LogP contribution in [0.1, 0.15) is 43.2 Å². The van der Waals surface area contributed by atoms with Gasteiger partial charge in [-0.3, -0.25) is 0 Å². The summed E-state index contributed by atoms with van der Waals surface area (Å²) in [7, 11) is 0. The molecule has 0 aliphatic heterocycles. The Morgan fingerprint density at radius 2 is 2.00 bits per heavy atom. The number of carbonyl (C=O) groups excluding carboxylic acids is 1. The zero-order valence-electron chi connectivity index (χ0n) is 9.70. The Bertz CT molecular complexity index is 412. The highest BCUT2D eigenvalue weighted by molar-refractivity contribution is 5.39. The number of aryl methyl sites for hydroxylation is 1. The molecule has 0 heterocycles. The van der Waals surface area contributed by atoms with Gasteiger partial charge in [0.25, 0.3) is 0 Å². The van der Waals surface area contributed by atoms with Crippen LogP contribution in [0.15, 0.2) is 29.3 Å². The number of benzene rings is 1. The third-order valence-corrected chi connectivity index (χ3v) is 3.50. The quantitative estimate of drug-likeness (QED) is 0.548. The fraction of sp³-hybridized carbons (Fsp3) is 0.500. The summed E-state index contributed by atoms with van der Waals surface area (Å²) in [6, 6.07) is 8.34. The lowest BCUT2D eigenvalue weighted by Gasteiger charge is -2.32. The van der Waals surface area contributed by atoms with Crippen LogP contribution in [0.2, 0.25) is 0 Å². The molecule has 1 aromatic carbocycles. The zero-order chi connectivity index (χ0) is 11.4. The number of rotatable bonds is 2. The molecule has 16 heavy (non-hydrogen) atoms. The molecule has 0 atom stereocenters. The van der Waals surface area contributed by atoms with E-state index in [0.29, 0.717) is 0 Å². The van der Waals surface area contributed by atoms with Gasteiger partial charge in [-0.05, 0) is 25.3 Å². The molecule has 0 spiro atoms. The van der Waals surface area contributed by atoms with E-state index in [0.717, 1.165) is 25.7 Å². The second-order valence-electron chi connectivity index (χ2n) is 4.66. The molecule has 1 aliphatic rings. The molecule has 2 heteroatoms. The first kappa shape index (κ1) is 11.1. The van der Waals surface area contributed by atoms with E-state index in [-0.39, 0.29) is 5.54 Å². The van der Waals surface area contributed by atoms with Crippen molar-refractivity contribution in [2.24, 2.45) is 4.99 Å². The fourth-order valence-electron chi connectivity index (χ4n) is 2.62. The van der Waals surface area contributed by atoms with E-state index in [1.165, 1.54) is 17.5 Å². The molecule has 84 valence electrons. The Morgan fingerprint density at radius 3 is 2.62 bits per heavy atom. The molecular weight excluding hydrogens is 198 g/mol. The van der Waals surface area contributed by atoms with Crippen LogP contribution in [0.3, 0.4) is 0 Å². The molecule has 0 radical (unpaired) electrons. The number of nitrogens with zero attached hydrogens (tertiary/aromatic N) is 1.